The molecule has 8 heteroatoms. The molecule has 24 heavy (non-hydrogen) atoms. The molecule has 7 nitrogen and oxygen atoms in total. The summed E-state index contributed by atoms with van der Waals surface area (Å²) in [6.45, 7) is 1.98. The highest BCUT2D eigenvalue weighted by Crippen LogP contribution is 2.24. The van der Waals surface area contributed by atoms with Crippen molar-refractivity contribution in [1.29, 1.82) is 0 Å². The van der Waals surface area contributed by atoms with Crippen LogP contribution in [0.15, 0.2) is 47.4 Å². The Morgan fingerprint density at radius 3 is 2.58 bits per heavy atom. The van der Waals surface area contributed by atoms with Crippen molar-refractivity contribution in [3.63, 3.8) is 0 Å². The van der Waals surface area contributed by atoms with Crippen molar-refractivity contribution >= 4 is 26.7 Å². The van der Waals surface area contributed by atoms with E-state index in [1.165, 1.54) is 18.4 Å². The lowest BCUT2D eigenvalue weighted by Crippen LogP contribution is -2.22. The number of aromatic amines is 1. The van der Waals surface area contributed by atoms with E-state index in [0.717, 1.165) is 22.3 Å². The smallest absolute Gasteiger partial charge is 0.242 e. The van der Waals surface area contributed by atoms with Gasteiger partial charge in [0.2, 0.25) is 10.0 Å². The minimum Gasteiger partial charge on any atom is -0.378 e. The molecule has 0 aliphatic carbocycles. The SMILES string of the molecule is C[C@H](Nc1ccc2n[nH]nc2c1)c1cccc(S(=O)(=O)N(C)C)c1. The number of rotatable bonds is 5. The Morgan fingerprint density at radius 1 is 1.08 bits per heavy atom. The highest BCUT2D eigenvalue weighted by Gasteiger charge is 2.18. The molecule has 0 saturated heterocycles. The first-order valence-corrected chi connectivity index (χ1v) is 8.91. The van der Waals surface area contributed by atoms with Crippen LogP contribution in [-0.4, -0.2) is 42.2 Å². The summed E-state index contributed by atoms with van der Waals surface area (Å²) in [7, 11) is -0.395. The maximum absolute atomic E-state index is 12.3. The van der Waals surface area contributed by atoms with E-state index in [0.29, 0.717) is 0 Å². The van der Waals surface area contributed by atoms with Crippen molar-refractivity contribution < 1.29 is 8.42 Å². The first-order chi connectivity index (χ1) is 11.4. The highest BCUT2D eigenvalue weighted by atomic mass is 32.2. The fraction of sp³-hybridized carbons (Fsp3) is 0.250. The van der Waals surface area contributed by atoms with Crippen LogP contribution in [0.5, 0.6) is 0 Å². The number of nitrogens with one attached hydrogen (secondary N) is 2. The Kier molecular flexibility index (Phi) is 4.25. The zero-order valence-electron chi connectivity index (χ0n) is 13.7. The number of fused-ring (bicyclic) bond motifs is 1. The molecule has 0 unspecified atom stereocenters. The molecule has 3 aromatic rings. The molecule has 1 atom stereocenters. The van der Waals surface area contributed by atoms with E-state index >= 15 is 0 Å². The van der Waals surface area contributed by atoms with Gasteiger partial charge in [0, 0.05) is 25.8 Å². The van der Waals surface area contributed by atoms with Gasteiger partial charge in [0.05, 0.1) is 4.90 Å². The van der Waals surface area contributed by atoms with Gasteiger partial charge in [0.15, 0.2) is 0 Å². The van der Waals surface area contributed by atoms with Crippen LogP contribution in [0.4, 0.5) is 5.69 Å². The lowest BCUT2D eigenvalue weighted by Gasteiger charge is -2.18. The maximum Gasteiger partial charge on any atom is 0.242 e. The zero-order valence-corrected chi connectivity index (χ0v) is 14.5. The lowest BCUT2D eigenvalue weighted by atomic mass is 10.1. The minimum absolute atomic E-state index is 0.0633. The molecule has 0 saturated carbocycles. The Morgan fingerprint density at radius 2 is 1.83 bits per heavy atom. The number of sulfonamides is 1. The maximum atomic E-state index is 12.3. The van der Waals surface area contributed by atoms with Gasteiger partial charge in [-0.05, 0) is 42.8 Å². The normalized spacial score (nSPS) is 13.3. The zero-order chi connectivity index (χ0) is 17.3. The van der Waals surface area contributed by atoms with E-state index in [-0.39, 0.29) is 10.9 Å². The van der Waals surface area contributed by atoms with E-state index in [2.05, 4.69) is 20.7 Å². The molecule has 0 aliphatic heterocycles. The molecule has 0 fully saturated rings. The predicted octanol–water partition coefficient (Wildman–Crippen LogP) is 2.38. The number of benzene rings is 2. The van der Waals surface area contributed by atoms with Crippen molar-refractivity contribution in [2.75, 3.05) is 19.4 Å². The first-order valence-electron chi connectivity index (χ1n) is 7.47. The molecule has 1 aromatic heterocycles. The van der Waals surface area contributed by atoms with Gasteiger partial charge in [-0.15, -0.1) is 0 Å². The van der Waals surface area contributed by atoms with E-state index in [1.54, 1.807) is 18.2 Å². The Labute approximate surface area is 140 Å². The number of hydrogen-bond acceptors (Lipinski definition) is 5. The Balaban J connectivity index is 1.86. The molecule has 0 radical (unpaired) electrons. The van der Waals surface area contributed by atoms with Crippen LogP contribution < -0.4 is 5.32 Å². The van der Waals surface area contributed by atoms with E-state index in [4.69, 9.17) is 0 Å². The fourth-order valence-corrected chi connectivity index (χ4v) is 3.38. The summed E-state index contributed by atoms with van der Waals surface area (Å²) in [5.74, 6) is 0. The monoisotopic (exact) mass is 345 g/mol. The number of hydrogen-bond donors (Lipinski definition) is 2. The van der Waals surface area contributed by atoms with E-state index in [1.807, 2.05) is 31.2 Å². The van der Waals surface area contributed by atoms with Gasteiger partial charge in [-0.3, -0.25) is 0 Å². The van der Waals surface area contributed by atoms with Crippen molar-refractivity contribution in [2.24, 2.45) is 0 Å². The van der Waals surface area contributed by atoms with E-state index in [9.17, 15) is 8.42 Å². The summed E-state index contributed by atoms with van der Waals surface area (Å²) in [5, 5.41) is 14.0. The Hall–Kier alpha value is -2.45. The first kappa shape index (κ1) is 16.4. The average molecular weight is 345 g/mol. The third-order valence-corrected chi connectivity index (χ3v) is 5.65. The van der Waals surface area contributed by atoms with Crippen molar-refractivity contribution in [3.8, 4) is 0 Å². The van der Waals surface area contributed by atoms with Crippen LogP contribution in [0.2, 0.25) is 0 Å². The van der Waals surface area contributed by atoms with Gasteiger partial charge < -0.3 is 5.32 Å². The van der Waals surface area contributed by atoms with Gasteiger partial charge in [0.1, 0.15) is 11.0 Å². The van der Waals surface area contributed by atoms with Crippen molar-refractivity contribution in [2.45, 2.75) is 17.9 Å². The molecule has 0 amide bonds. The topological polar surface area (TPSA) is 91.0 Å². The van der Waals surface area contributed by atoms with Gasteiger partial charge >= 0.3 is 0 Å². The van der Waals surface area contributed by atoms with Crippen LogP contribution in [0, 0.1) is 0 Å². The molecular weight excluding hydrogens is 326 g/mol. The molecule has 126 valence electrons. The second-order valence-electron chi connectivity index (χ2n) is 5.75. The standard InChI is InChI=1S/C16H19N5O2S/c1-11(17-13-7-8-15-16(10-13)19-20-18-15)12-5-4-6-14(9-12)24(22,23)21(2)3/h4-11,17H,1-3H3,(H,18,19,20)/t11-/m0/s1. The van der Waals surface area contributed by atoms with Crippen LogP contribution in [-0.2, 0) is 10.0 Å². The molecule has 0 bridgehead atoms. The third kappa shape index (κ3) is 3.10. The van der Waals surface area contributed by atoms with Gasteiger partial charge in [-0.2, -0.15) is 15.4 Å². The second kappa shape index (κ2) is 6.21. The van der Waals surface area contributed by atoms with Crippen molar-refractivity contribution in [3.05, 3.63) is 48.0 Å². The fourth-order valence-electron chi connectivity index (χ4n) is 2.42. The number of aromatic nitrogens is 3. The van der Waals surface area contributed by atoms with Crippen molar-refractivity contribution in [1.82, 2.24) is 19.7 Å². The molecule has 1 heterocycles. The largest absolute Gasteiger partial charge is 0.378 e. The molecule has 2 aromatic carbocycles. The molecule has 2 N–H and O–H groups in total. The quantitative estimate of drug-likeness (QED) is 0.741. The highest BCUT2D eigenvalue weighted by molar-refractivity contribution is 7.89. The van der Waals surface area contributed by atoms with Crippen LogP contribution in [0.25, 0.3) is 11.0 Å². The minimum atomic E-state index is -3.44. The second-order valence-corrected chi connectivity index (χ2v) is 7.90. The van der Waals surface area contributed by atoms with Crippen LogP contribution in [0.3, 0.4) is 0 Å². The summed E-state index contributed by atoms with van der Waals surface area (Å²) >= 11 is 0. The van der Waals surface area contributed by atoms with Crippen LogP contribution >= 0.6 is 0 Å². The third-order valence-electron chi connectivity index (χ3n) is 3.84. The summed E-state index contributed by atoms with van der Waals surface area (Å²) < 4.78 is 25.7. The number of H-pyrrole nitrogens is 1. The lowest BCUT2D eigenvalue weighted by molar-refractivity contribution is 0.520. The summed E-state index contributed by atoms with van der Waals surface area (Å²) in [6.07, 6.45) is 0. The van der Waals surface area contributed by atoms with Crippen LogP contribution in [0.1, 0.15) is 18.5 Å². The van der Waals surface area contributed by atoms with E-state index < -0.39 is 10.0 Å². The predicted molar refractivity (Wildman–Crippen MR) is 93.2 cm³/mol. The molecule has 3 rings (SSSR count). The Bertz CT molecular complexity index is 965. The van der Waals surface area contributed by atoms with Gasteiger partial charge in [-0.25, -0.2) is 12.7 Å². The average Bonchev–Trinajstić information content (AvgIpc) is 3.02. The van der Waals surface area contributed by atoms with Gasteiger partial charge in [0.25, 0.3) is 0 Å². The molecule has 0 aliphatic rings. The molecule has 0 spiro atoms. The number of nitrogens with zero attached hydrogens (tertiary/aromatic N) is 3. The number of anilines is 1. The summed E-state index contributed by atoms with van der Waals surface area (Å²) in [6, 6.07) is 12.6. The summed E-state index contributed by atoms with van der Waals surface area (Å²) in [5.41, 5.74) is 3.35. The molecular formula is C16H19N5O2S. The van der Waals surface area contributed by atoms with Gasteiger partial charge in [-0.1, -0.05) is 12.1 Å². The summed E-state index contributed by atoms with van der Waals surface area (Å²) in [4.78, 5) is 0.283.